The molecule has 0 aliphatic heterocycles. The number of nitrogens with one attached hydrogen (secondary N) is 1. The predicted molar refractivity (Wildman–Crippen MR) is 103 cm³/mol. The number of carbonyl (C=O) groups is 2. The highest BCUT2D eigenvalue weighted by molar-refractivity contribution is 5.93. The number of nitrogens with zero attached hydrogens (tertiary/aromatic N) is 1. The number of carbonyl (C=O) groups excluding carboxylic acids is 2. The third-order valence-electron chi connectivity index (χ3n) is 5.48. The molecule has 2 amide bonds. The van der Waals surface area contributed by atoms with Gasteiger partial charge in [0.25, 0.3) is 0 Å². The molecule has 1 aromatic carbocycles. The second kappa shape index (κ2) is 7.78. The number of rotatable bonds is 8. The van der Waals surface area contributed by atoms with Crippen molar-refractivity contribution >= 4 is 17.5 Å². The minimum absolute atomic E-state index is 0.0960. The average Bonchev–Trinajstić information content (AvgIpc) is 3.38. The molecule has 5 heteroatoms. The van der Waals surface area contributed by atoms with Crippen molar-refractivity contribution in [1.82, 2.24) is 4.90 Å². The van der Waals surface area contributed by atoms with Gasteiger partial charge >= 0.3 is 0 Å². The molecule has 0 spiro atoms. The Bertz CT molecular complexity index is 646. The van der Waals surface area contributed by atoms with Crippen LogP contribution in [0.5, 0.6) is 0 Å². The van der Waals surface area contributed by atoms with Gasteiger partial charge in [0.1, 0.15) is 0 Å². The Kier molecular flexibility index (Phi) is 5.66. The lowest BCUT2D eigenvalue weighted by atomic mass is 9.85. The largest absolute Gasteiger partial charge is 0.338 e. The van der Waals surface area contributed by atoms with Crippen molar-refractivity contribution in [2.75, 3.05) is 18.4 Å². The van der Waals surface area contributed by atoms with Gasteiger partial charge in [-0.05, 0) is 55.3 Å². The molecule has 0 unspecified atom stereocenters. The van der Waals surface area contributed by atoms with E-state index in [9.17, 15) is 9.59 Å². The number of anilines is 1. The molecule has 0 atom stereocenters. The molecule has 3 N–H and O–H groups in total. The van der Waals surface area contributed by atoms with Gasteiger partial charge < -0.3 is 16.0 Å². The van der Waals surface area contributed by atoms with Crippen molar-refractivity contribution in [3.63, 3.8) is 0 Å². The SMILES string of the molecule is CC(C)(CN)CN(Cc1ccc(NC(=O)C2CCC2)cc1)C(=O)C1CC1. The van der Waals surface area contributed by atoms with E-state index in [-0.39, 0.29) is 29.1 Å². The molecule has 26 heavy (non-hydrogen) atoms. The van der Waals surface area contributed by atoms with E-state index >= 15 is 0 Å². The van der Waals surface area contributed by atoms with Crippen LogP contribution in [0.2, 0.25) is 0 Å². The normalized spacial score (nSPS) is 17.5. The molecule has 1 aromatic rings. The Hall–Kier alpha value is -1.88. The summed E-state index contributed by atoms with van der Waals surface area (Å²) in [6, 6.07) is 7.86. The Balaban J connectivity index is 1.62. The number of hydrogen-bond acceptors (Lipinski definition) is 3. The lowest BCUT2D eigenvalue weighted by Crippen LogP contribution is -2.42. The van der Waals surface area contributed by atoms with E-state index in [1.165, 1.54) is 0 Å². The summed E-state index contributed by atoms with van der Waals surface area (Å²) in [5.74, 6) is 0.748. The molecule has 0 radical (unpaired) electrons. The monoisotopic (exact) mass is 357 g/mol. The van der Waals surface area contributed by atoms with Crippen LogP contribution in [0.4, 0.5) is 5.69 Å². The van der Waals surface area contributed by atoms with E-state index in [1.807, 2.05) is 29.2 Å². The Morgan fingerprint density at radius 1 is 1.12 bits per heavy atom. The van der Waals surface area contributed by atoms with Crippen LogP contribution in [0.15, 0.2) is 24.3 Å². The van der Waals surface area contributed by atoms with Crippen molar-refractivity contribution in [2.24, 2.45) is 23.0 Å². The highest BCUT2D eigenvalue weighted by atomic mass is 16.2. The summed E-state index contributed by atoms with van der Waals surface area (Å²) >= 11 is 0. The van der Waals surface area contributed by atoms with Crippen molar-refractivity contribution in [3.8, 4) is 0 Å². The fourth-order valence-electron chi connectivity index (χ4n) is 3.21. The van der Waals surface area contributed by atoms with E-state index in [2.05, 4.69) is 19.2 Å². The number of benzene rings is 1. The van der Waals surface area contributed by atoms with Crippen molar-refractivity contribution in [3.05, 3.63) is 29.8 Å². The van der Waals surface area contributed by atoms with E-state index in [1.54, 1.807) is 0 Å². The van der Waals surface area contributed by atoms with Crippen LogP contribution in [0.1, 0.15) is 51.5 Å². The van der Waals surface area contributed by atoms with Gasteiger partial charge in [-0.15, -0.1) is 0 Å². The molecule has 2 aliphatic carbocycles. The lowest BCUT2D eigenvalue weighted by Gasteiger charge is -2.32. The zero-order valence-corrected chi connectivity index (χ0v) is 16.0. The molecule has 0 heterocycles. The molecule has 142 valence electrons. The second-order valence-corrected chi connectivity index (χ2v) is 8.65. The summed E-state index contributed by atoms with van der Waals surface area (Å²) in [5, 5.41) is 2.99. The molecule has 0 aromatic heterocycles. The third-order valence-corrected chi connectivity index (χ3v) is 5.48. The second-order valence-electron chi connectivity index (χ2n) is 8.65. The summed E-state index contributed by atoms with van der Waals surface area (Å²) in [4.78, 5) is 26.7. The summed E-state index contributed by atoms with van der Waals surface area (Å²) in [6.07, 6.45) is 5.16. The molecule has 2 fully saturated rings. The highest BCUT2D eigenvalue weighted by Crippen LogP contribution is 2.33. The third kappa shape index (κ3) is 4.85. The van der Waals surface area contributed by atoms with Gasteiger partial charge in [-0.1, -0.05) is 32.4 Å². The molecular formula is C21H31N3O2. The van der Waals surface area contributed by atoms with Crippen LogP contribution in [0, 0.1) is 17.3 Å². The Morgan fingerprint density at radius 2 is 1.77 bits per heavy atom. The van der Waals surface area contributed by atoms with Crippen LogP contribution in [0.25, 0.3) is 0 Å². The molecule has 3 rings (SSSR count). The summed E-state index contributed by atoms with van der Waals surface area (Å²) < 4.78 is 0. The van der Waals surface area contributed by atoms with Crippen LogP contribution < -0.4 is 11.1 Å². The topological polar surface area (TPSA) is 75.4 Å². The Morgan fingerprint density at radius 3 is 2.27 bits per heavy atom. The molecular weight excluding hydrogens is 326 g/mol. The molecule has 0 saturated heterocycles. The molecule has 5 nitrogen and oxygen atoms in total. The van der Waals surface area contributed by atoms with Crippen molar-refractivity contribution < 1.29 is 9.59 Å². The Labute approximate surface area is 156 Å². The molecule has 2 saturated carbocycles. The van der Waals surface area contributed by atoms with Crippen molar-refractivity contribution in [2.45, 2.75) is 52.5 Å². The average molecular weight is 357 g/mol. The van der Waals surface area contributed by atoms with Gasteiger partial charge in [-0.3, -0.25) is 9.59 Å². The maximum Gasteiger partial charge on any atom is 0.227 e. The van der Waals surface area contributed by atoms with Gasteiger partial charge in [0, 0.05) is 30.6 Å². The zero-order chi connectivity index (χ0) is 18.7. The zero-order valence-electron chi connectivity index (χ0n) is 16.0. The van der Waals surface area contributed by atoms with Gasteiger partial charge in [-0.2, -0.15) is 0 Å². The van der Waals surface area contributed by atoms with Gasteiger partial charge in [0.05, 0.1) is 0 Å². The first-order valence-corrected chi connectivity index (χ1v) is 9.76. The van der Waals surface area contributed by atoms with Crippen LogP contribution in [0.3, 0.4) is 0 Å². The summed E-state index contributed by atoms with van der Waals surface area (Å²) in [7, 11) is 0. The van der Waals surface area contributed by atoms with E-state index < -0.39 is 0 Å². The number of hydrogen-bond donors (Lipinski definition) is 2. The van der Waals surface area contributed by atoms with E-state index in [4.69, 9.17) is 5.73 Å². The standard InChI is InChI=1S/C21H31N3O2/c1-21(2,13-22)14-24(20(26)17-8-9-17)12-15-6-10-18(11-7-15)23-19(25)16-4-3-5-16/h6-7,10-11,16-17H,3-5,8-9,12-14,22H2,1-2H3,(H,23,25). The fraction of sp³-hybridized carbons (Fsp3) is 0.619. The van der Waals surface area contributed by atoms with Crippen LogP contribution >= 0.6 is 0 Å². The number of amides is 2. The van der Waals surface area contributed by atoms with Gasteiger partial charge in [0.2, 0.25) is 11.8 Å². The first kappa shape index (κ1) is 18.9. The number of nitrogens with two attached hydrogens (primary N) is 1. The van der Waals surface area contributed by atoms with Gasteiger partial charge in [-0.25, -0.2) is 0 Å². The predicted octanol–water partition coefficient (Wildman–Crippen LogP) is 3.15. The first-order chi connectivity index (χ1) is 12.4. The minimum atomic E-state index is -0.0960. The first-order valence-electron chi connectivity index (χ1n) is 9.76. The minimum Gasteiger partial charge on any atom is -0.338 e. The smallest absolute Gasteiger partial charge is 0.227 e. The fourth-order valence-corrected chi connectivity index (χ4v) is 3.21. The lowest BCUT2D eigenvalue weighted by molar-refractivity contribution is -0.134. The quantitative estimate of drug-likeness (QED) is 0.750. The highest BCUT2D eigenvalue weighted by Gasteiger charge is 2.35. The molecule has 0 bridgehead atoms. The maximum atomic E-state index is 12.7. The van der Waals surface area contributed by atoms with Gasteiger partial charge in [0.15, 0.2) is 0 Å². The molecule has 2 aliphatic rings. The van der Waals surface area contributed by atoms with Crippen molar-refractivity contribution in [1.29, 1.82) is 0 Å². The van der Waals surface area contributed by atoms with Crippen LogP contribution in [-0.2, 0) is 16.1 Å². The van der Waals surface area contributed by atoms with E-state index in [0.717, 1.165) is 43.4 Å². The van der Waals surface area contributed by atoms with E-state index in [0.29, 0.717) is 19.6 Å². The van der Waals surface area contributed by atoms with Crippen LogP contribution in [-0.4, -0.2) is 29.8 Å². The maximum absolute atomic E-state index is 12.7. The summed E-state index contributed by atoms with van der Waals surface area (Å²) in [6.45, 7) is 6.00. The summed E-state index contributed by atoms with van der Waals surface area (Å²) in [5.41, 5.74) is 7.68.